The Hall–Kier alpha value is -0.930. The molecule has 2 N–H and O–H groups in total. The molecule has 13 heavy (non-hydrogen) atoms. The van der Waals surface area contributed by atoms with Crippen LogP contribution in [0.1, 0.15) is 33.1 Å². The van der Waals surface area contributed by atoms with Crippen molar-refractivity contribution in [1.82, 2.24) is 4.90 Å². The van der Waals surface area contributed by atoms with Gasteiger partial charge in [0.2, 0.25) is 0 Å². The highest BCUT2D eigenvalue weighted by Gasteiger charge is 2.29. The Balaban J connectivity index is 2.74. The number of hydrogen-bond donors (Lipinski definition) is 2. The molecule has 1 rings (SSSR count). The molecule has 0 amide bonds. The summed E-state index contributed by atoms with van der Waals surface area (Å²) in [7, 11) is 0. The van der Waals surface area contributed by atoms with Crippen LogP contribution in [0.3, 0.4) is 0 Å². The van der Waals surface area contributed by atoms with Gasteiger partial charge in [-0.05, 0) is 12.8 Å². The molecular formula is C9H16FN3. The molecule has 1 aliphatic rings. The van der Waals surface area contributed by atoms with Gasteiger partial charge in [0.15, 0.2) is 6.30 Å². The molecule has 0 bridgehead atoms. The molecule has 1 unspecified atom stereocenters. The van der Waals surface area contributed by atoms with Gasteiger partial charge in [-0.2, -0.15) is 0 Å². The molecule has 1 fully saturated rings. The van der Waals surface area contributed by atoms with Gasteiger partial charge >= 0.3 is 0 Å². The number of nitrogens with zero attached hydrogens (tertiary/aromatic N) is 1. The summed E-state index contributed by atoms with van der Waals surface area (Å²) in [5, 5.41) is 15.2. The monoisotopic (exact) mass is 185 g/mol. The molecule has 4 heteroatoms. The van der Waals surface area contributed by atoms with Gasteiger partial charge < -0.3 is 0 Å². The van der Waals surface area contributed by atoms with E-state index in [1.807, 2.05) is 13.8 Å². The van der Waals surface area contributed by atoms with Crippen LogP contribution in [-0.2, 0) is 0 Å². The van der Waals surface area contributed by atoms with E-state index in [2.05, 4.69) is 0 Å². The van der Waals surface area contributed by atoms with Gasteiger partial charge in [0.1, 0.15) is 11.7 Å². The Labute approximate surface area is 77.9 Å². The first-order chi connectivity index (χ1) is 6.04. The van der Waals surface area contributed by atoms with E-state index in [-0.39, 0.29) is 17.6 Å². The van der Waals surface area contributed by atoms with E-state index in [9.17, 15) is 4.39 Å². The minimum absolute atomic E-state index is 0.0169. The lowest BCUT2D eigenvalue weighted by Crippen LogP contribution is -2.46. The van der Waals surface area contributed by atoms with Crippen LogP contribution in [0.25, 0.3) is 0 Å². The fourth-order valence-corrected chi connectivity index (χ4v) is 1.43. The van der Waals surface area contributed by atoms with E-state index < -0.39 is 6.30 Å². The summed E-state index contributed by atoms with van der Waals surface area (Å²) in [6.07, 6.45) is 0.602. The molecule has 74 valence electrons. The maximum absolute atomic E-state index is 13.4. The van der Waals surface area contributed by atoms with Crippen LogP contribution >= 0.6 is 0 Å². The summed E-state index contributed by atoms with van der Waals surface area (Å²) < 4.78 is 13.4. The predicted octanol–water partition coefficient (Wildman–Crippen LogP) is 2.38. The number of hydrogen-bond acceptors (Lipinski definition) is 2. The molecule has 0 aromatic rings. The Morgan fingerprint density at radius 2 is 2.23 bits per heavy atom. The summed E-state index contributed by atoms with van der Waals surface area (Å²) in [6, 6.07) is 0. The maximum atomic E-state index is 13.4. The smallest absolute Gasteiger partial charge is 0.178 e. The molecule has 0 aromatic heterocycles. The van der Waals surface area contributed by atoms with Gasteiger partial charge in [0, 0.05) is 12.3 Å². The molecule has 1 saturated heterocycles. The number of halogens is 1. The second-order valence-electron chi connectivity index (χ2n) is 3.68. The third kappa shape index (κ3) is 2.05. The Morgan fingerprint density at radius 3 is 2.69 bits per heavy atom. The van der Waals surface area contributed by atoms with Gasteiger partial charge in [-0.1, -0.05) is 13.8 Å². The van der Waals surface area contributed by atoms with Crippen molar-refractivity contribution in [2.45, 2.75) is 39.4 Å². The van der Waals surface area contributed by atoms with Crippen molar-refractivity contribution in [2.75, 3.05) is 0 Å². The average molecular weight is 185 g/mol. The predicted molar refractivity (Wildman–Crippen MR) is 50.9 cm³/mol. The number of rotatable bonds is 1. The summed E-state index contributed by atoms with van der Waals surface area (Å²) in [4.78, 5) is 1.22. The van der Waals surface area contributed by atoms with Crippen LogP contribution in [-0.4, -0.2) is 22.9 Å². The van der Waals surface area contributed by atoms with Crippen molar-refractivity contribution in [2.24, 2.45) is 5.92 Å². The molecule has 0 aliphatic carbocycles. The molecular weight excluding hydrogens is 169 g/mol. The van der Waals surface area contributed by atoms with Crippen LogP contribution in [0.2, 0.25) is 0 Å². The first-order valence-electron chi connectivity index (χ1n) is 4.63. The van der Waals surface area contributed by atoms with Gasteiger partial charge in [-0.15, -0.1) is 0 Å². The lowest BCUT2D eigenvalue weighted by Gasteiger charge is -2.34. The lowest BCUT2D eigenvalue weighted by atomic mass is 10.1. The molecule has 0 spiro atoms. The SMILES string of the molecule is CC(C)C(=N)N1C(=N)CCCC1F. The van der Waals surface area contributed by atoms with Crippen LogP contribution in [0.4, 0.5) is 4.39 Å². The Morgan fingerprint density at radius 1 is 1.62 bits per heavy atom. The van der Waals surface area contributed by atoms with E-state index in [0.29, 0.717) is 12.8 Å². The van der Waals surface area contributed by atoms with Crippen LogP contribution in [0.5, 0.6) is 0 Å². The maximum Gasteiger partial charge on any atom is 0.178 e. The fourth-order valence-electron chi connectivity index (χ4n) is 1.43. The minimum Gasteiger partial charge on any atom is -0.288 e. The summed E-state index contributed by atoms with van der Waals surface area (Å²) in [5.41, 5.74) is 0. The average Bonchev–Trinajstić information content (AvgIpc) is 2.03. The van der Waals surface area contributed by atoms with Crippen molar-refractivity contribution in [3.8, 4) is 0 Å². The standard InChI is InChI=1S/C9H16FN3/c1-6(2)9(12)13-7(10)4-3-5-8(13)11/h6-7,11-12H,3-5H2,1-2H3. The fraction of sp³-hybridized carbons (Fsp3) is 0.778. The van der Waals surface area contributed by atoms with Crippen LogP contribution < -0.4 is 0 Å². The van der Waals surface area contributed by atoms with Crippen molar-refractivity contribution in [3.63, 3.8) is 0 Å². The summed E-state index contributed by atoms with van der Waals surface area (Å²) in [6.45, 7) is 3.69. The number of alkyl halides is 1. The van der Waals surface area contributed by atoms with Crippen molar-refractivity contribution < 1.29 is 4.39 Å². The van der Waals surface area contributed by atoms with Gasteiger partial charge in [0.05, 0.1) is 0 Å². The highest BCUT2D eigenvalue weighted by Crippen LogP contribution is 2.21. The third-order valence-corrected chi connectivity index (χ3v) is 2.23. The zero-order valence-corrected chi connectivity index (χ0v) is 8.10. The van der Waals surface area contributed by atoms with Gasteiger partial charge in [-0.3, -0.25) is 15.7 Å². The number of amidine groups is 2. The number of piperidine rings is 1. The summed E-state index contributed by atoms with van der Waals surface area (Å²) in [5.74, 6) is 0.450. The minimum atomic E-state index is -1.16. The van der Waals surface area contributed by atoms with Gasteiger partial charge in [-0.25, -0.2) is 4.39 Å². The molecule has 0 aromatic carbocycles. The highest BCUT2D eigenvalue weighted by molar-refractivity contribution is 5.99. The van der Waals surface area contributed by atoms with Gasteiger partial charge in [0.25, 0.3) is 0 Å². The molecule has 0 saturated carbocycles. The van der Waals surface area contributed by atoms with Crippen molar-refractivity contribution in [3.05, 3.63) is 0 Å². The zero-order chi connectivity index (χ0) is 10.0. The third-order valence-electron chi connectivity index (χ3n) is 2.23. The van der Waals surface area contributed by atoms with E-state index in [1.54, 1.807) is 0 Å². The molecule has 0 radical (unpaired) electrons. The quantitative estimate of drug-likeness (QED) is 0.368. The second-order valence-corrected chi connectivity index (χ2v) is 3.68. The Kier molecular flexibility index (Phi) is 3.01. The van der Waals surface area contributed by atoms with Crippen molar-refractivity contribution >= 4 is 11.7 Å². The lowest BCUT2D eigenvalue weighted by molar-refractivity contribution is 0.176. The highest BCUT2D eigenvalue weighted by atomic mass is 19.1. The first-order valence-corrected chi connectivity index (χ1v) is 4.63. The normalized spacial score (nSPS) is 23.8. The largest absolute Gasteiger partial charge is 0.288 e. The van der Waals surface area contributed by atoms with Crippen LogP contribution in [0, 0.1) is 16.7 Å². The van der Waals surface area contributed by atoms with Crippen LogP contribution in [0.15, 0.2) is 0 Å². The van der Waals surface area contributed by atoms with Crippen molar-refractivity contribution in [1.29, 1.82) is 10.8 Å². The van der Waals surface area contributed by atoms with E-state index in [1.165, 1.54) is 4.90 Å². The zero-order valence-electron chi connectivity index (χ0n) is 8.10. The second kappa shape index (κ2) is 3.85. The molecule has 1 aliphatic heterocycles. The first kappa shape index (κ1) is 10.2. The van der Waals surface area contributed by atoms with E-state index in [0.717, 1.165) is 6.42 Å². The van der Waals surface area contributed by atoms with E-state index in [4.69, 9.17) is 10.8 Å². The molecule has 3 nitrogen and oxygen atoms in total. The topological polar surface area (TPSA) is 50.9 Å². The number of nitrogens with one attached hydrogen (secondary N) is 2. The van der Waals surface area contributed by atoms with E-state index >= 15 is 0 Å². The molecule has 1 heterocycles. The Bertz CT molecular complexity index is 225. The number of likely N-dealkylation sites (tertiary alicyclic amines) is 1. The molecule has 1 atom stereocenters. The summed E-state index contributed by atoms with van der Waals surface area (Å²) >= 11 is 0.